The molecule has 49 heteroatoms. The Morgan fingerprint density at radius 3 is 1.53 bits per heavy atom. The minimum absolute atomic E-state index is 0.00245. The SMILES string of the molecule is Cc1cc(C(=O)NC(CCCCNC(=O)C2CCCN2C(=O)C(F)(F)C(F)(F)C(F)(F)C(F)(F)C(F)(F)C(F)(F)C(F)(F)F)C(=O)NC(CC(C)C)C(=O)NC(CCCNC(N)=[NH2+])C(=O)NC(CCCNC(N)=[NH2+])C(=O)NC(C)C(=O)NC(CO)C(=O)NC(CC(C)C)C(=O)NCC(N)=O)ccc1-c1c2cc(-c3cccnc3)c(=O)cc-2oc2cc([O-])c(-c3cccnc3)cc12. The van der Waals surface area contributed by atoms with Gasteiger partial charge in [-0.15, -0.1) is 0 Å². The molecule has 8 atom stereocenters. The number of carbonyl (C=O) groups excluding carboxylic acids is 11. The lowest BCUT2D eigenvalue weighted by Gasteiger charge is -2.41. The number of hydrogen-bond acceptors (Lipinski definition) is 17. The number of alkyl halides is 15. The van der Waals surface area contributed by atoms with Crippen LogP contribution in [0.15, 0.2) is 101 Å². The molecule has 0 bridgehead atoms. The highest BCUT2D eigenvalue weighted by molar-refractivity contribution is 6.07. The van der Waals surface area contributed by atoms with Gasteiger partial charge >= 0.3 is 59.5 Å². The Kier molecular flexibility index (Phi) is 35.2. The molecule has 0 saturated carbocycles. The first kappa shape index (κ1) is 105. The van der Waals surface area contributed by atoms with Crippen molar-refractivity contribution in [1.29, 1.82) is 0 Å². The number of aryl methyl sites for hydroxylation is 1. The number of aliphatic hydroxyl groups excluding tert-OH is 1. The van der Waals surface area contributed by atoms with Crippen molar-refractivity contribution >= 4 is 87.9 Å². The molecule has 1 saturated heterocycles. The van der Waals surface area contributed by atoms with Crippen LogP contribution >= 0.6 is 0 Å². The molecule has 34 nitrogen and oxygen atoms in total. The summed E-state index contributed by atoms with van der Waals surface area (Å²) in [4.78, 5) is 174. The van der Waals surface area contributed by atoms with E-state index in [-0.39, 0.29) is 110 Å². The second-order valence-electron chi connectivity index (χ2n) is 31.8. The summed E-state index contributed by atoms with van der Waals surface area (Å²) in [6.45, 7) is 5.68. The van der Waals surface area contributed by atoms with E-state index in [1.807, 2.05) is 0 Å². The van der Waals surface area contributed by atoms with Crippen molar-refractivity contribution in [3.63, 3.8) is 0 Å². The smallest absolute Gasteiger partial charge is 0.460 e. The molecule has 2 aromatic carbocycles. The summed E-state index contributed by atoms with van der Waals surface area (Å²) in [5, 5.41) is 62.6. The number of aromatic nitrogens is 2. The Bertz CT molecular complexity index is 5190. The molecular weight excluding hydrogens is 1780 g/mol. The summed E-state index contributed by atoms with van der Waals surface area (Å²) in [7, 11) is 0. The molecule has 2 aromatic heterocycles. The van der Waals surface area contributed by atoms with Crippen LogP contribution in [0, 0.1) is 18.8 Å². The second kappa shape index (κ2) is 44.0. The number of aliphatic hydroxyl groups is 1. The van der Waals surface area contributed by atoms with Crippen LogP contribution in [-0.4, -0.2) is 226 Å². The Morgan fingerprint density at radius 1 is 0.534 bits per heavy atom. The van der Waals surface area contributed by atoms with Gasteiger partial charge in [0.1, 0.15) is 59.7 Å². The van der Waals surface area contributed by atoms with E-state index in [1.165, 1.54) is 55.1 Å². The van der Waals surface area contributed by atoms with Gasteiger partial charge in [-0.05, 0) is 161 Å². The van der Waals surface area contributed by atoms with Gasteiger partial charge in [0.2, 0.25) is 53.2 Å². The van der Waals surface area contributed by atoms with Gasteiger partial charge in [0.15, 0.2) is 5.43 Å². The first-order valence-electron chi connectivity index (χ1n) is 40.7. The van der Waals surface area contributed by atoms with Crippen molar-refractivity contribution < 1.29 is 144 Å². The second-order valence-corrected chi connectivity index (χ2v) is 31.8. The monoisotopic (exact) mass is 1870 g/mol. The highest BCUT2D eigenvalue weighted by Crippen LogP contribution is 2.63. The fourth-order valence-corrected chi connectivity index (χ4v) is 14.0. The van der Waals surface area contributed by atoms with E-state index in [1.54, 1.807) is 71.0 Å². The van der Waals surface area contributed by atoms with Crippen molar-refractivity contribution in [3.05, 3.63) is 113 Å². The summed E-state index contributed by atoms with van der Waals surface area (Å²) >= 11 is 0. The third-order valence-electron chi connectivity index (χ3n) is 20.8. The molecule has 22 N–H and O–H groups in total. The molecule has 4 heterocycles. The highest BCUT2D eigenvalue weighted by Gasteiger charge is 2.94. The number of pyridine rings is 2. The molecule has 2 aliphatic heterocycles. The van der Waals surface area contributed by atoms with E-state index < -0.39 is 223 Å². The van der Waals surface area contributed by atoms with Crippen molar-refractivity contribution in [1.82, 2.24) is 73.4 Å². The van der Waals surface area contributed by atoms with Gasteiger partial charge in [-0.1, -0.05) is 51.6 Å². The zero-order valence-electron chi connectivity index (χ0n) is 71.0. The minimum atomic E-state index is -8.71. The van der Waals surface area contributed by atoms with Crippen molar-refractivity contribution in [2.45, 2.75) is 202 Å². The van der Waals surface area contributed by atoms with Gasteiger partial charge in [-0.3, -0.25) is 100 Å². The van der Waals surface area contributed by atoms with Gasteiger partial charge < -0.3 is 73.1 Å². The number of benzene rings is 3. The van der Waals surface area contributed by atoms with Crippen molar-refractivity contribution in [2.24, 2.45) is 29.0 Å². The standard InChI is InChI=1S/C82H98F15N19O15/c1-39(2)28-54(66(123)108-37-62(98)120)113-71(128)56(38-117)115-64(121)42(6)109-67(124)52(17-11-25-106-74(99)100)111-68(125)53(18-12-26-107-75(101)102)112-70(127)55(29-40(3)4)114-69(126)51(16-7-8-24-105-72(129)57-19-13-27-116(57)73(130)76(83,84)77(85,86)78(87,88)79(89,90)80(91,92)81(93,94)82(95,96)97)110-65(122)43-20-21-46(41(5)30-43)63-49-31-47(44-14-9-22-103-35-44)58(118)33-60(49)131-61-34-59(119)48(32-50(61)63)45-15-10-23-104-36-45/h9-10,14-15,20-23,30-36,39-40,42,51-57,117-118H,7-8,11-13,16-19,24-29,37-38H2,1-6H3,(H2,98,120)(H,105,129)(H,108,123)(H,109,124)(H,110,122)(H,111,125)(H,112,127)(H,113,128)(H,114,126)(H,115,121)(H4,99,100,106)(H4,101,102,107)/p+1. The van der Waals surface area contributed by atoms with E-state index in [9.17, 15) is 111 Å². The fraction of sp³-hybridized carbons (Fsp3) is 0.488. The number of likely N-dealkylation sites (tertiary alicyclic amines) is 1. The van der Waals surface area contributed by atoms with E-state index in [2.05, 4.69) is 68.5 Å². The zero-order valence-corrected chi connectivity index (χ0v) is 71.0. The highest BCUT2D eigenvalue weighted by atomic mass is 19.4. The zero-order chi connectivity index (χ0) is 98.0. The Balaban J connectivity index is 1.20. The molecule has 8 unspecified atom stereocenters. The third kappa shape index (κ3) is 25.3. The van der Waals surface area contributed by atoms with Crippen LogP contribution in [0.2, 0.25) is 0 Å². The van der Waals surface area contributed by atoms with Gasteiger partial charge in [0, 0.05) is 77.1 Å². The number of rotatable bonds is 45. The van der Waals surface area contributed by atoms with Crippen LogP contribution in [0.25, 0.3) is 55.7 Å². The third-order valence-corrected chi connectivity index (χ3v) is 20.8. The Morgan fingerprint density at radius 2 is 1.02 bits per heavy atom. The van der Waals surface area contributed by atoms with E-state index in [4.69, 9.17) is 32.4 Å². The molecular formula is C82H99F15N19O15+. The van der Waals surface area contributed by atoms with E-state index in [0.717, 1.165) is 6.92 Å². The number of hydrogen-bond donors (Lipinski definition) is 17. The molecule has 131 heavy (non-hydrogen) atoms. The molecule has 7 rings (SSSR count). The maximum Gasteiger partial charge on any atom is 0.460 e. The van der Waals surface area contributed by atoms with E-state index in [0.29, 0.717) is 38.8 Å². The summed E-state index contributed by atoms with van der Waals surface area (Å²) in [5.74, 6) is -66.1. The molecule has 3 aliphatic rings. The Hall–Kier alpha value is -13.2. The molecule has 0 radical (unpaired) electrons. The number of primary amides is 1. The van der Waals surface area contributed by atoms with Crippen LogP contribution in [0.4, 0.5) is 65.9 Å². The van der Waals surface area contributed by atoms with Crippen LogP contribution in [-0.2, 0) is 47.9 Å². The topological polar surface area (TPSA) is 552 Å². The van der Waals surface area contributed by atoms with Gasteiger partial charge in [-0.25, -0.2) is 0 Å². The van der Waals surface area contributed by atoms with E-state index >= 15 is 22.4 Å². The molecule has 1 fully saturated rings. The lowest BCUT2D eigenvalue weighted by molar-refractivity contribution is -0.449. The number of fused-ring (bicyclic) bond motifs is 2. The predicted molar refractivity (Wildman–Crippen MR) is 436 cm³/mol. The molecule has 4 aromatic rings. The number of amides is 11. The lowest BCUT2D eigenvalue weighted by atomic mass is 9.88. The predicted octanol–water partition coefficient (Wildman–Crippen LogP) is 1.32. The summed E-state index contributed by atoms with van der Waals surface area (Å²) in [6, 6.07) is 2.43. The largest absolute Gasteiger partial charge is 0.872 e. The summed E-state index contributed by atoms with van der Waals surface area (Å²) in [5.41, 5.74) is 18.3. The Labute approximate surface area is 736 Å². The number of carbonyl (C=O) groups is 11. The number of nitrogens with zero attached hydrogens (tertiary/aromatic N) is 3. The first-order valence-corrected chi connectivity index (χ1v) is 40.7. The first-order chi connectivity index (χ1) is 61.0. The molecule has 1 aliphatic carbocycles. The van der Waals surface area contributed by atoms with Crippen molar-refractivity contribution in [3.8, 4) is 50.5 Å². The number of nitrogens with one attached hydrogen (secondary N) is 11. The normalized spacial score (nSPS) is 15.1. The maximum atomic E-state index is 15.4. The minimum Gasteiger partial charge on any atom is -0.872 e. The molecule has 716 valence electrons. The quantitative estimate of drug-likeness (QED) is 0.00843. The van der Waals surface area contributed by atoms with Crippen LogP contribution in [0.5, 0.6) is 5.75 Å². The van der Waals surface area contributed by atoms with Crippen LogP contribution < -0.4 is 97.0 Å². The number of guanidine groups is 2. The average Bonchev–Trinajstić information content (AvgIpc) is 0.969. The average molecular weight is 1880 g/mol. The van der Waals surface area contributed by atoms with Gasteiger partial charge in [-0.2, -0.15) is 65.9 Å². The fourth-order valence-electron chi connectivity index (χ4n) is 14.0. The molecule has 0 spiro atoms. The summed E-state index contributed by atoms with van der Waals surface area (Å²) in [6.07, 6.45) is -5.62. The molecule has 11 amide bonds. The number of halogens is 15. The van der Waals surface area contributed by atoms with Crippen LogP contribution in [0.1, 0.15) is 121 Å². The summed E-state index contributed by atoms with van der Waals surface area (Å²) < 4.78 is 219. The number of unbranched alkanes of at least 4 members (excludes halogenated alkanes) is 1. The van der Waals surface area contributed by atoms with Crippen LogP contribution in [0.3, 0.4) is 0 Å². The number of nitrogens with two attached hydrogens (primary N) is 5. The van der Waals surface area contributed by atoms with Gasteiger partial charge in [0.05, 0.1) is 26.2 Å². The maximum absolute atomic E-state index is 15.4. The van der Waals surface area contributed by atoms with Crippen molar-refractivity contribution in [2.75, 3.05) is 39.3 Å². The lowest BCUT2D eigenvalue weighted by Crippen LogP contribution is -2.74. The van der Waals surface area contributed by atoms with Gasteiger partial charge in [0.25, 0.3) is 5.91 Å².